The molecule has 1 atom stereocenters. The number of carbonyl (C=O) groups excluding carboxylic acids is 1. The van der Waals surface area contributed by atoms with Gasteiger partial charge in [-0.1, -0.05) is 23.7 Å². The first kappa shape index (κ1) is 19.5. The second-order valence-electron chi connectivity index (χ2n) is 6.08. The molecule has 1 aromatic rings. The predicted molar refractivity (Wildman–Crippen MR) is 93.9 cm³/mol. The lowest BCUT2D eigenvalue weighted by Crippen LogP contribution is -2.39. The van der Waals surface area contributed by atoms with E-state index in [0.29, 0.717) is 37.0 Å². The molecule has 6 nitrogen and oxygen atoms in total. The summed E-state index contributed by atoms with van der Waals surface area (Å²) in [5, 5.41) is 12.6. The Morgan fingerprint density at radius 1 is 1.32 bits per heavy atom. The monoisotopic (exact) mass is 369 g/mol. The Hall–Kier alpha value is -1.79. The number of carbonyl (C=O) groups is 2. The van der Waals surface area contributed by atoms with Gasteiger partial charge in [0.1, 0.15) is 5.75 Å². The molecule has 25 heavy (non-hydrogen) atoms. The number of carboxylic acid groups (broad SMARTS) is 1. The first-order chi connectivity index (χ1) is 12.1. The first-order valence-electron chi connectivity index (χ1n) is 8.52. The summed E-state index contributed by atoms with van der Waals surface area (Å²) in [7, 11) is 0. The number of nitrogens with one attached hydrogen (secondary N) is 1. The minimum absolute atomic E-state index is 0.0510. The lowest BCUT2D eigenvalue weighted by molar-refractivity contribution is -0.145. The van der Waals surface area contributed by atoms with Gasteiger partial charge in [0.15, 0.2) is 0 Å². The molecule has 0 spiro atoms. The van der Waals surface area contributed by atoms with Crippen LogP contribution in [0.25, 0.3) is 0 Å². The van der Waals surface area contributed by atoms with Crippen LogP contribution >= 0.6 is 11.6 Å². The number of carboxylic acids is 1. The molecule has 1 amide bonds. The summed E-state index contributed by atoms with van der Waals surface area (Å²) in [6.07, 6.45) is 2.26. The Bertz CT molecular complexity index is 574. The minimum Gasteiger partial charge on any atom is -0.492 e. The van der Waals surface area contributed by atoms with Gasteiger partial charge in [0, 0.05) is 26.2 Å². The van der Waals surface area contributed by atoms with Crippen molar-refractivity contribution in [3.8, 4) is 5.75 Å². The van der Waals surface area contributed by atoms with Gasteiger partial charge in [0.2, 0.25) is 5.91 Å². The molecule has 2 rings (SSSR count). The van der Waals surface area contributed by atoms with Crippen LogP contribution in [0.15, 0.2) is 24.3 Å². The van der Waals surface area contributed by atoms with Crippen molar-refractivity contribution in [1.29, 1.82) is 0 Å². The van der Waals surface area contributed by atoms with Crippen molar-refractivity contribution >= 4 is 23.5 Å². The van der Waals surface area contributed by atoms with E-state index in [4.69, 9.17) is 21.1 Å². The molecule has 2 N–H and O–H groups in total. The standard InChI is InChI=1S/C18H24ClNO5/c19-15-4-1-2-5-16(15)25-9-3-6-17(21)20-12-14(18(22)23)13-7-10-24-11-8-13/h1-2,4-5,13-14H,3,6-12H2,(H,20,21)(H,22,23). The van der Waals surface area contributed by atoms with E-state index < -0.39 is 11.9 Å². The fourth-order valence-electron chi connectivity index (χ4n) is 2.86. The highest BCUT2D eigenvalue weighted by Gasteiger charge is 2.29. The maximum Gasteiger partial charge on any atom is 0.308 e. The van der Waals surface area contributed by atoms with Crippen molar-refractivity contribution in [1.82, 2.24) is 5.32 Å². The molecule has 1 aliphatic heterocycles. The average Bonchev–Trinajstić information content (AvgIpc) is 2.61. The number of benzene rings is 1. The van der Waals surface area contributed by atoms with E-state index in [0.717, 1.165) is 12.8 Å². The first-order valence-corrected chi connectivity index (χ1v) is 8.90. The molecule has 1 aliphatic rings. The Labute approximate surface area is 152 Å². The molecule has 1 saturated heterocycles. The Balaban J connectivity index is 1.67. The average molecular weight is 370 g/mol. The molecule has 1 aromatic carbocycles. The molecule has 0 saturated carbocycles. The number of hydrogen-bond donors (Lipinski definition) is 2. The normalized spacial score (nSPS) is 16.2. The smallest absolute Gasteiger partial charge is 0.308 e. The maximum atomic E-state index is 11.9. The van der Waals surface area contributed by atoms with Crippen LogP contribution in [0.4, 0.5) is 0 Å². The number of aliphatic carboxylic acids is 1. The van der Waals surface area contributed by atoms with E-state index in [-0.39, 0.29) is 24.8 Å². The largest absolute Gasteiger partial charge is 0.492 e. The van der Waals surface area contributed by atoms with Gasteiger partial charge in [-0.25, -0.2) is 0 Å². The van der Waals surface area contributed by atoms with Crippen molar-refractivity contribution in [3.63, 3.8) is 0 Å². The van der Waals surface area contributed by atoms with Crippen molar-refractivity contribution in [2.75, 3.05) is 26.4 Å². The van der Waals surface area contributed by atoms with Crippen LogP contribution < -0.4 is 10.1 Å². The van der Waals surface area contributed by atoms with Crippen LogP contribution in [-0.2, 0) is 14.3 Å². The van der Waals surface area contributed by atoms with Gasteiger partial charge in [-0.05, 0) is 37.3 Å². The maximum absolute atomic E-state index is 11.9. The van der Waals surface area contributed by atoms with Crippen LogP contribution in [0.1, 0.15) is 25.7 Å². The molecule has 0 radical (unpaired) electrons. The van der Waals surface area contributed by atoms with E-state index in [1.165, 1.54) is 0 Å². The summed E-state index contributed by atoms with van der Waals surface area (Å²) < 4.78 is 10.8. The van der Waals surface area contributed by atoms with Crippen molar-refractivity contribution in [2.24, 2.45) is 11.8 Å². The number of amides is 1. The van der Waals surface area contributed by atoms with Gasteiger partial charge in [-0.3, -0.25) is 9.59 Å². The Kier molecular flexibility index (Phi) is 8.01. The van der Waals surface area contributed by atoms with Gasteiger partial charge in [-0.15, -0.1) is 0 Å². The minimum atomic E-state index is -0.866. The molecule has 1 heterocycles. The van der Waals surface area contributed by atoms with E-state index in [9.17, 15) is 14.7 Å². The van der Waals surface area contributed by atoms with E-state index in [1.54, 1.807) is 12.1 Å². The SMILES string of the molecule is O=C(CCCOc1ccccc1Cl)NCC(C(=O)O)C1CCOCC1. The summed E-state index contributed by atoms with van der Waals surface area (Å²) >= 11 is 5.98. The zero-order valence-corrected chi connectivity index (χ0v) is 14.8. The molecule has 1 unspecified atom stereocenters. The molecule has 1 fully saturated rings. The molecule has 7 heteroatoms. The van der Waals surface area contributed by atoms with Gasteiger partial charge in [0.25, 0.3) is 0 Å². The van der Waals surface area contributed by atoms with E-state index in [1.807, 2.05) is 12.1 Å². The summed E-state index contributed by atoms with van der Waals surface area (Å²) in [6.45, 7) is 1.70. The molecule has 0 bridgehead atoms. The lowest BCUT2D eigenvalue weighted by Gasteiger charge is -2.27. The van der Waals surface area contributed by atoms with Crippen molar-refractivity contribution in [2.45, 2.75) is 25.7 Å². The van der Waals surface area contributed by atoms with Crippen LogP contribution in [0, 0.1) is 11.8 Å². The fourth-order valence-corrected chi connectivity index (χ4v) is 3.05. The molecule has 0 aliphatic carbocycles. The number of ether oxygens (including phenoxy) is 2. The lowest BCUT2D eigenvalue weighted by atomic mass is 9.86. The quantitative estimate of drug-likeness (QED) is 0.654. The van der Waals surface area contributed by atoms with E-state index in [2.05, 4.69) is 5.32 Å². The Morgan fingerprint density at radius 2 is 2.04 bits per heavy atom. The molecular formula is C18H24ClNO5. The summed E-state index contributed by atoms with van der Waals surface area (Å²) in [5.41, 5.74) is 0. The zero-order valence-electron chi connectivity index (χ0n) is 14.1. The van der Waals surface area contributed by atoms with E-state index >= 15 is 0 Å². The topological polar surface area (TPSA) is 84.9 Å². The van der Waals surface area contributed by atoms with Gasteiger partial charge in [0.05, 0.1) is 17.5 Å². The predicted octanol–water partition coefficient (Wildman–Crippen LogP) is 2.74. The zero-order chi connectivity index (χ0) is 18.1. The van der Waals surface area contributed by atoms with Gasteiger partial charge in [-0.2, -0.15) is 0 Å². The van der Waals surface area contributed by atoms with Crippen molar-refractivity contribution < 1.29 is 24.2 Å². The number of hydrogen-bond acceptors (Lipinski definition) is 4. The second kappa shape index (κ2) is 10.3. The highest BCUT2D eigenvalue weighted by molar-refractivity contribution is 6.32. The molecule has 0 aromatic heterocycles. The third-order valence-electron chi connectivity index (χ3n) is 4.31. The summed E-state index contributed by atoms with van der Waals surface area (Å²) in [6, 6.07) is 7.16. The van der Waals surface area contributed by atoms with Crippen LogP contribution in [-0.4, -0.2) is 43.3 Å². The third kappa shape index (κ3) is 6.55. The molecule has 138 valence electrons. The number of halogens is 1. The van der Waals surface area contributed by atoms with Crippen LogP contribution in [0.2, 0.25) is 5.02 Å². The number of rotatable bonds is 9. The van der Waals surface area contributed by atoms with Gasteiger partial charge >= 0.3 is 5.97 Å². The van der Waals surface area contributed by atoms with Crippen LogP contribution in [0.5, 0.6) is 5.75 Å². The summed E-state index contributed by atoms with van der Waals surface area (Å²) in [4.78, 5) is 23.4. The van der Waals surface area contributed by atoms with Crippen LogP contribution in [0.3, 0.4) is 0 Å². The van der Waals surface area contributed by atoms with Crippen molar-refractivity contribution in [3.05, 3.63) is 29.3 Å². The molecular weight excluding hydrogens is 346 g/mol. The highest BCUT2D eigenvalue weighted by Crippen LogP contribution is 2.24. The second-order valence-corrected chi connectivity index (χ2v) is 6.49. The third-order valence-corrected chi connectivity index (χ3v) is 4.63. The fraction of sp³-hybridized carbons (Fsp3) is 0.556. The highest BCUT2D eigenvalue weighted by atomic mass is 35.5. The Morgan fingerprint density at radius 3 is 2.72 bits per heavy atom. The van der Waals surface area contributed by atoms with Gasteiger partial charge < -0.3 is 19.9 Å². The number of para-hydroxylation sites is 1. The summed E-state index contributed by atoms with van der Waals surface area (Å²) in [5.74, 6) is -0.951.